The third kappa shape index (κ3) is 5.93. The van der Waals surface area contributed by atoms with E-state index in [1.165, 1.54) is 29.3 Å². The van der Waals surface area contributed by atoms with E-state index in [1.54, 1.807) is 12.1 Å². The number of nitrogens with zero attached hydrogens (tertiary/aromatic N) is 3. The number of rotatable bonds is 9. The van der Waals surface area contributed by atoms with Crippen LogP contribution >= 0.6 is 23.4 Å². The Bertz CT molecular complexity index is 689. The fourth-order valence-electron chi connectivity index (χ4n) is 2.39. The maximum Gasteiger partial charge on any atom is 0.230 e. The lowest BCUT2D eigenvalue weighted by Crippen LogP contribution is -2.33. The Balaban J connectivity index is 1.87. The third-order valence-corrected chi connectivity index (χ3v) is 4.94. The number of unbranched alkanes of at least 4 members (excludes halogenated alkanes) is 2. The van der Waals surface area contributed by atoms with Crippen LogP contribution in [0.5, 0.6) is 0 Å². The zero-order chi connectivity index (χ0) is 18.2. The number of amides is 1. The van der Waals surface area contributed by atoms with Crippen molar-refractivity contribution in [3.8, 4) is 11.4 Å². The first-order chi connectivity index (χ1) is 12.0. The van der Waals surface area contributed by atoms with Gasteiger partial charge >= 0.3 is 0 Å². The first-order valence-corrected chi connectivity index (χ1v) is 9.76. The third-order valence-electron chi connectivity index (χ3n) is 3.75. The van der Waals surface area contributed by atoms with Crippen LogP contribution in [0, 0.1) is 0 Å². The standard InChI is InChI=1S/C17H24ClN5OS/c1-3-4-5-6-12(2)20-15(24)11-25-17-22-21-16(23(17)19)13-7-9-14(18)10-8-13/h7-10,12H,3-6,11,19H2,1-2H3,(H,20,24)/t12-/m1/s1. The van der Waals surface area contributed by atoms with Crippen LogP contribution < -0.4 is 11.2 Å². The monoisotopic (exact) mass is 381 g/mol. The second-order valence-corrected chi connectivity index (χ2v) is 7.32. The lowest BCUT2D eigenvalue weighted by molar-refractivity contribution is -0.119. The van der Waals surface area contributed by atoms with Gasteiger partial charge in [-0.15, -0.1) is 10.2 Å². The Hall–Kier alpha value is -1.73. The summed E-state index contributed by atoms with van der Waals surface area (Å²) in [5, 5.41) is 12.3. The predicted molar refractivity (Wildman–Crippen MR) is 103 cm³/mol. The molecule has 25 heavy (non-hydrogen) atoms. The van der Waals surface area contributed by atoms with Crippen molar-refractivity contribution in [1.82, 2.24) is 20.2 Å². The van der Waals surface area contributed by atoms with Crippen molar-refractivity contribution in [3.05, 3.63) is 29.3 Å². The van der Waals surface area contributed by atoms with E-state index in [9.17, 15) is 4.79 Å². The predicted octanol–water partition coefficient (Wildman–Crippen LogP) is 3.49. The van der Waals surface area contributed by atoms with E-state index >= 15 is 0 Å². The number of halogens is 1. The molecule has 2 rings (SSSR count). The van der Waals surface area contributed by atoms with Gasteiger partial charge in [-0.3, -0.25) is 4.79 Å². The Morgan fingerprint density at radius 1 is 1.32 bits per heavy atom. The van der Waals surface area contributed by atoms with Crippen molar-refractivity contribution in [2.75, 3.05) is 11.6 Å². The van der Waals surface area contributed by atoms with Gasteiger partial charge in [-0.2, -0.15) is 0 Å². The highest BCUT2D eigenvalue weighted by atomic mass is 35.5. The number of hydrogen-bond donors (Lipinski definition) is 2. The van der Waals surface area contributed by atoms with Crippen molar-refractivity contribution in [1.29, 1.82) is 0 Å². The van der Waals surface area contributed by atoms with Gasteiger partial charge in [-0.05, 0) is 37.6 Å². The maximum absolute atomic E-state index is 12.0. The largest absolute Gasteiger partial charge is 0.353 e. The minimum atomic E-state index is -0.0231. The summed E-state index contributed by atoms with van der Waals surface area (Å²) in [6.07, 6.45) is 4.50. The quantitative estimate of drug-likeness (QED) is 0.394. The molecule has 2 aromatic rings. The van der Waals surface area contributed by atoms with E-state index in [1.807, 2.05) is 19.1 Å². The molecule has 3 N–H and O–H groups in total. The minimum Gasteiger partial charge on any atom is -0.353 e. The molecule has 8 heteroatoms. The number of nitrogen functional groups attached to an aromatic ring is 1. The van der Waals surface area contributed by atoms with Gasteiger partial charge in [0.1, 0.15) is 0 Å². The van der Waals surface area contributed by atoms with E-state index in [4.69, 9.17) is 17.4 Å². The van der Waals surface area contributed by atoms with Gasteiger partial charge in [-0.25, -0.2) is 4.68 Å². The van der Waals surface area contributed by atoms with E-state index in [-0.39, 0.29) is 17.7 Å². The van der Waals surface area contributed by atoms with E-state index in [2.05, 4.69) is 22.4 Å². The summed E-state index contributed by atoms with van der Waals surface area (Å²) in [6.45, 7) is 4.20. The molecule has 0 fully saturated rings. The van der Waals surface area contributed by atoms with Crippen LogP contribution in [-0.4, -0.2) is 32.6 Å². The molecule has 0 bridgehead atoms. The van der Waals surface area contributed by atoms with Crippen LogP contribution in [0.1, 0.15) is 39.5 Å². The number of thioether (sulfide) groups is 1. The molecule has 1 aromatic carbocycles. The number of carbonyl (C=O) groups is 1. The molecule has 6 nitrogen and oxygen atoms in total. The highest BCUT2D eigenvalue weighted by Crippen LogP contribution is 2.22. The zero-order valence-electron chi connectivity index (χ0n) is 14.5. The lowest BCUT2D eigenvalue weighted by Gasteiger charge is -2.13. The van der Waals surface area contributed by atoms with Crippen LogP contribution in [0.15, 0.2) is 29.4 Å². The second-order valence-electron chi connectivity index (χ2n) is 5.94. The molecule has 0 radical (unpaired) electrons. The number of nitrogens with two attached hydrogens (primary N) is 1. The van der Waals surface area contributed by atoms with Gasteiger partial charge in [-0.1, -0.05) is 49.5 Å². The second kappa shape index (κ2) is 9.68. The van der Waals surface area contributed by atoms with E-state index < -0.39 is 0 Å². The molecule has 136 valence electrons. The Morgan fingerprint density at radius 2 is 2.04 bits per heavy atom. The average Bonchev–Trinajstić information content (AvgIpc) is 2.95. The number of aromatic nitrogens is 3. The summed E-state index contributed by atoms with van der Waals surface area (Å²) in [7, 11) is 0. The summed E-state index contributed by atoms with van der Waals surface area (Å²) in [5.74, 6) is 6.82. The molecule has 0 aliphatic carbocycles. The number of carbonyl (C=O) groups excluding carboxylic acids is 1. The first-order valence-electron chi connectivity index (χ1n) is 8.39. The van der Waals surface area contributed by atoms with Gasteiger partial charge < -0.3 is 11.2 Å². The van der Waals surface area contributed by atoms with Gasteiger partial charge in [0.2, 0.25) is 11.1 Å². The summed E-state index contributed by atoms with van der Waals surface area (Å²) in [5.41, 5.74) is 0.820. The molecule has 0 saturated carbocycles. The van der Waals surface area contributed by atoms with E-state index in [0.717, 1.165) is 18.4 Å². The van der Waals surface area contributed by atoms with Crippen molar-refractivity contribution in [2.24, 2.45) is 0 Å². The zero-order valence-corrected chi connectivity index (χ0v) is 16.1. The highest BCUT2D eigenvalue weighted by Gasteiger charge is 2.14. The van der Waals surface area contributed by atoms with Crippen molar-refractivity contribution in [3.63, 3.8) is 0 Å². The summed E-state index contributed by atoms with van der Waals surface area (Å²) < 4.78 is 1.39. The smallest absolute Gasteiger partial charge is 0.230 e. The Morgan fingerprint density at radius 3 is 2.72 bits per heavy atom. The van der Waals surface area contributed by atoms with Crippen molar-refractivity contribution in [2.45, 2.75) is 50.7 Å². The van der Waals surface area contributed by atoms with Gasteiger partial charge in [0.15, 0.2) is 5.82 Å². The molecule has 1 atom stereocenters. The number of nitrogens with one attached hydrogen (secondary N) is 1. The van der Waals surface area contributed by atoms with Crippen LogP contribution in [-0.2, 0) is 4.79 Å². The topological polar surface area (TPSA) is 85.8 Å². The minimum absolute atomic E-state index is 0.0231. The fourth-order valence-corrected chi connectivity index (χ4v) is 3.18. The Kier molecular flexibility index (Phi) is 7.58. The SMILES string of the molecule is CCCCC[C@@H](C)NC(=O)CSc1nnc(-c2ccc(Cl)cc2)n1N. The van der Waals surface area contributed by atoms with Crippen LogP contribution in [0.25, 0.3) is 11.4 Å². The number of benzene rings is 1. The van der Waals surface area contributed by atoms with Gasteiger partial charge in [0.05, 0.1) is 5.75 Å². The van der Waals surface area contributed by atoms with Crippen molar-refractivity contribution >= 4 is 29.3 Å². The van der Waals surface area contributed by atoms with E-state index in [0.29, 0.717) is 16.0 Å². The molecule has 0 aliphatic rings. The molecular formula is C17H24ClN5OS. The summed E-state index contributed by atoms with van der Waals surface area (Å²) in [6, 6.07) is 7.38. The number of hydrogen-bond acceptors (Lipinski definition) is 5. The van der Waals surface area contributed by atoms with Crippen LogP contribution in [0.3, 0.4) is 0 Å². The summed E-state index contributed by atoms with van der Waals surface area (Å²) in [4.78, 5) is 12.0. The van der Waals surface area contributed by atoms with Crippen LogP contribution in [0.4, 0.5) is 0 Å². The molecule has 0 aliphatic heterocycles. The van der Waals surface area contributed by atoms with Gasteiger partial charge in [0.25, 0.3) is 0 Å². The molecular weight excluding hydrogens is 358 g/mol. The molecule has 1 aromatic heterocycles. The molecule has 0 saturated heterocycles. The maximum atomic E-state index is 12.0. The molecule has 1 amide bonds. The van der Waals surface area contributed by atoms with Gasteiger partial charge in [0, 0.05) is 16.6 Å². The molecule has 0 unspecified atom stereocenters. The summed E-state index contributed by atoms with van der Waals surface area (Å²) >= 11 is 7.16. The Labute approximate surface area is 157 Å². The molecule has 1 heterocycles. The first kappa shape index (κ1) is 19.6. The van der Waals surface area contributed by atoms with Crippen LogP contribution in [0.2, 0.25) is 5.02 Å². The molecule has 0 spiro atoms. The fraction of sp³-hybridized carbons (Fsp3) is 0.471. The highest BCUT2D eigenvalue weighted by molar-refractivity contribution is 7.99. The van der Waals surface area contributed by atoms with Crippen molar-refractivity contribution < 1.29 is 4.79 Å². The average molecular weight is 382 g/mol. The normalized spacial score (nSPS) is 12.1. The lowest BCUT2D eigenvalue weighted by atomic mass is 10.1.